The zero-order chi connectivity index (χ0) is 20.5. The molecule has 0 aliphatic rings. The molecule has 2 aromatic rings. The van der Waals surface area contributed by atoms with E-state index >= 15 is 0 Å². The van der Waals surface area contributed by atoms with Gasteiger partial charge in [0.05, 0.1) is 12.0 Å². The molecule has 11 heteroatoms. The predicted octanol–water partition coefficient (Wildman–Crippen LogP) is 2.17. The fourth-order valence-corrected chi connectivity index (χ4v) is 3.38. The SMILES string of the molecule is COc1cc(NC(=O)C(C)(O)C(F)(F)F)ccc1S(=O)(=O)c1ccncc1. The van der Waals surface area contributed by atoms with Crippen LogP contribution in [0.15, 0.2) is 52.5 Å². The van der Waals surface area contributed by atoms with E-state index < -0.39 is 27.5 Å². The van der Waals surface area contributed by atoms with Gasteiger partial charge in [0.15, 0.2) is 0 Å². The number of halogens is 3. The first-order valence-corrected chi connectivity index (χ1v) is 8.83. The zero-order valence-corrected chi connectivity index (χ0v) is 14.9. The monoisotopic (exact) mass is 404 g/mol. The van der Waals surface area contributed by atoms with Gasteiger partial charge in [-0.15, -0.1) is 0 Å². The quantitative estimate of drug-likeness (QED) is 0.791. The maximum atomic E-state index is 12.7. The van der Waals surface area contributed by atoms with E-state index in [-0.39, 0.29) is 21.2 Å². The highest BCUT2D eigenvalue weighted by Gasteiger charge is 2.55. The molecular formula is C16H15F3N2O5S. The van der Waals surface area contributed by atoms with E-state index in [0.29, 0.717) is 6.92 Å². The molecule has 0 radical (unpaired) electrons. The second-order valence-corrected chi connectivity index (χ2v) is 7.49. The number of hydrogen-bond donors (Lipinski definition) is 2. The Balaban J connectivity index is 2.39. The number of hydrogen-bond acceptors (Lipinski definition) is 6. The van der Waals surface area contributed by atoms with Crippen molar-refractivity contribution in [3.8, 4) is 5.75 Å². The number of anilines is 1. The van der Waals surface area contributed by atoms with Crippen molar-refractivity contribution < 1.29 is 36.2 Å². The first-order chi connectivity index (χ1) is 12.4. The molecule has 1 amide bonds. The molecule has 0 aliphatic heterocycles. The number of carbonyl (C=O) groups excluding carboxylic acids is 1. The summed E-state index contributed by atoms with van der Waals surface area (Å²) in [6.07, 6.45) is -2.62. The zero-order valence-electron chi connectivity index (χ0n) is 14.1. The van der Waals surface area contributed by atoms with Gasteiger partial charge in [-0.25, -0.2) is 8.42 Å². The molecule has 0 fully saturated rings. The Bertz CT molecular complexity index is 944. The highest BCUT2D eigenvalue weighted by molar-refractivity contribution is 7.91. The summed E-state index contributed by atoms with van der Waals surface area (Å²) in [5.74, 6) is -1.92. The van der Waals surface area contributed by atoms with Crippen molar-refractivity contribution in [2.75, 3.05) is 12.4 Å². The van der Waals surface area contributed by atoms with Crippen LogP contribution >= 0.6 is 0 Å². The van der Waals surface area contributed by atoms with Crippen molar-refractivity contribution in [1.29, 1.82) is 0 Å². The minimum absolute atomic E-state index is 0.0624. The Morgan fingerprint density at radius 1 is 1.19 bits per heavy atom. The van der Waals surface area contributed by atoms with Crippen LogP contribution in [0.2, 0.25) is 0 Å². The van der Waals surface area contributed by atoms with Crippen molar-refractivity contribution in [3.05, 3.63) is 42.7 Å². The third-order valence-corrected chi connectivity index (χ3v) is 5.47. The minimum atomic E-state index is -5.19. The summed E-state index contributed by atoms with van der Waals surface area (Å²) in [5, 5.41) is 11.3. The Morgan fingerprint density at radius 2 is 1.78 bits per heavy atom. The van der Waals surface area contributed by atoms with E-state index in [4.69, 9.17) is 4.74 Å². The summed E-state index contributed by atoms with van der Waals surface area (Å²) < 4.78 is 68.5. The van der Waals surface area contributed by atoms with Gasteiger partial charge in [-0.2, -0.15) is 13.2 Å². The molecular weight excluding hydrogens is 389 g/mol. The van der Waals surface area contributed by atoms with Gasteiger partial charge in [0.25, 0.3) is 5.91 Å². The second kappa shape index (κ2) is 7.16. The van der Waals surface area contributed by atoms with Crippen LogP contribution in [-0.2, 0) is 14.6 Å². The lowest BCUT2D eigenvalue weighted by Crippen LogP contribution is -2.52. The Hall–Kier alpha value is -2.66. The normalized spacial score (nSPS) is 14.3. The van der Waals surface area contributed by atoms with Crippen molar-refractivity contribution in [2.24, 2.45) is 0 Å². The highest BCUT2D eigenvalue weighted by atomic mass is 32.2. The van der Waals surface area contributed by atoms with Gasteiger partial charge in [-0.1, -0.05) is 0 Å². The third-order valence-electron chi connectivity index (χ3n) is 3.67. The van der Waals surface area contributed by atoms with Crippen molar-refractivity contribution in [2.45, 2.75) is 28.5 Å². The molecule has 2 N–H and O–H groups in total. The smallest absolute Gasteiger partial charge is 0.426 e. The molecule has 27 heavy (non-hydrogen) atoms. The van der Waals surface area contributed by atoms with Crippen LogP contribution < -0.4 is 10.1 Å². The van der Waals surface area contributed by atoms with Crippen LogP contribution in [0, 0.1) is 0 Å². The van der Waals surface area contributed by atoms with Crippen molar-refractivity contribution >= 4 is 21.4 Å². The number of alkyl halides is 3. The van der Waals surface area contributed by atoms with Gasteiger partial charge < -0.3 is 15.2 Å². The lowest BCUT2D eigenvalue weighted by molar-refractivity contribution is -0.242. The molecule has 0 bridgehead atoms. The van der Waals surface area contributed by atoms with E-state index in [1.807, 2.05) is 5.32 Å². The third kappa shape index (κ3) is 4.03. The maximum absolute atomic E-state index is 12.7. The molecule has 0 aliphatic carbocycles. The highest BCUT2D eigenvalue weighted by Crippen LogP contribution is 2.34. The van der Waals surface area contributed by atoms with Gasteiger partial charge in [-0.05, 0) is 31.2 Å². The number of pyridine rings is 1. The lowest BCUT2D eigenvalue weighted by atomic mass is 10.1. The number of amides is 1. The van der Waals surface area contributed by atoms with E-state index in [9.17, 15) is 31.5 Å². The number of sulfone groups is 1. The number of aliphatic hydroxyl groups is 1. The fraction of sp³-hybridized carbons (Fsp3) is 0.250. The number of benzene rings is 1. The topological polar surface area (TPSA) is 106 Å². The van der Waals surface area contributed by atoms with Crippen molar-refractivity contribution in [1.82, 2.24) is 4.98 Å². The average molecular weight is 404 g/mol. The summed E-state index contributed by atoms with van der Waals surface area (Å²) in [4.78, 5) is 15.1. The second-order valence-electron chi connectivity index (χ2n) is 5.58. The Labute approximate surface area is 152 Å². The van der Waals surface area contributed by atoms with Crippen molar-refractivity contribution in [3.63, 3.8) is 0 Å². The molecule has 1 heterocycles. The number of aromatic nitrogens is 1. The molecule has 0 spiro atoms. The summed E-state index contributed by atoms with van der Waals surface area (Å²) >= 11 is 0. The van der Waals surface area contributed by atoms with E-state index in [2.05, 4.69) is 4.98 Å². The molecule has 1 aromatic carbocycles. The first-order valence-electron chi connectivity index (χ1n) is 7.35. The summed E-state index contributed by atoms with van der Waals surface area (Å²) in [7, 11) is -2.82. The van der Waals surface area contributed by atoms with Crippen LogP contribution in [0.1, 0.15) is 6.92 Å². The molecule has 1 aromatic heterocycles. The van der Waals surface area contributed by atoms with Gasteiger partial charge >= 0.3 is 6.18 Å². The fourth-order valence-electron chi connectivity index (χ4n) is 1.99. The summed E-state index contributed by atoms with van der Waals surface area (Å²) in [5.41, 5.74) is -3.81. The molecule has 7 nitrogen and oxygen atoms in total. The number of nitrogens with zero attached hydrogens (tertiary/aromatic N) is 1. The Kier molecular flexibility index (Phi) is 5.47. The number of methoxy groups -OCH3 is 1. The predicted molar refractivity (Wildman–Crippen MR) is 88.0 cm³/mol. The molecule has 0 saturated heterocycles. The number of nitrogens with one attached hydrogen (secondary N) is 1. The van der Waals surface area contributed by atoms with Crippen LogP contribution in [0.3, 0.4) is 0 Å². The number of ether oxygens (including phenoxy) is 1. The van der Waals surface area contributed by atoms with E-state index in [0.717, 1.165) is 18.2 Å². The number of carbonyl (C=O) groups is 1. The summed E-state index contributed by atoms with van der Waals surface area (Å²) in [6, 6.07) is 5.74. The lowest BCUT2D eigenvalue weighted by Gasteiger charge is -2.25. The Morgan fingerprint density at radius 3 is 2.30 bits per heavy atom. The summed E-state index contributed by atoms with van der Waals surface area (Å²) in [6.45, 7) is 0.307. The molecule has 146 valence electrons. The molecule has 1 atom stereocenters. The standard InChI is InChI=1S/C16H15F3N2O5S/c1-15(23,16(17,18)19)14(22)21-10-3-4-13(12(9-10)26-2)27(24,25)11-5-7-20-8-6-11/h3-9,23H,1-2H3,(H,21,22). The average Bonchev–Trinajstić information content (AvgIpc) is 2.61. The van der Waals surface area contributed by atoms with Crippen LogP contribution in [-0.4, -0.2) is 43.3 Å². The largest absolute Gasteiger partial charge is 0.495 e. The van der Waals surface area contributed by atoms with E-state index in [1.165, 1.54) is 31.6 Å². The minimum Gasteiger partial charge on any atom is -0.495 e. The van der Waals surface area contributed by atoms with Crippen LogP contribution in [0.4, 0.5) is 18.9 Å². The van der Waals surface area contributed by atoms with E-state index in [1.54, 1.807) is 0 Å². The van der Waals surface area contributed by atoms with Gasteiger partial charge in [-0.3, -0.25) is 9.78 Å². The molecule has 2 rings (SSSR count). The first kappa shape index (κ1) is 20.6. The number of rotatable bonds is 5. The molecule has 1 unspecified atom stereocenters. The van der Waals surface area contributed by atoms with Gasteiger partial charge in [0.1, 0.15) is 10.6 Å². The van der Waals surface area contributed by atoms with Gasteiger partial charge in [0, 0.05) is 24.1 Å². The molecule has 0 saturated carbocycles. The maximum Gasteiger partial charge on any atom is 0.426 e. The van der Waals surface area contributed by atoms with Crippen LogP contribution in [0.25, 0.3) is 0 Å². The van der Waals surface area contributed by atoms with Crippen LogP contribution in [0.5, 0.6) is 5.75 Å². The van der Waals surface area contributed by atoms with Gasteiger partial charge in [0.2, 0.25) is 15.4 Å².